The second-order valence-corrected chi connectivity index (χ2v) is 10.2. The Hall–Kier alpha value is -1.87. The van der Waals surface area contributed by atoms with E-state index in [9.17, 15) is 4.79 Å². The molecular formula is C25H32O2S. The highest BCUT2D eigenvalue weighted by atomic mass is 32.1. The van der Waals surface area contributed by atoms with E-state index in [-0.39, 0.29) is 16.8 Å². The Labute approximate surface area is 173 Å². The van der Waals surface area contributed by atoms with Crippen LogP contribution in [0.15, 0.2) is 24.3 Å². The minimum Gasteiger partial charge on any atom is -0.463 e. The molecule has 2 aromatic rings. The number of carbonyl (C=O) groups excluding carboxylic acids is 1. The fourth-order valence-electron chi connectivity index (χ4n) is 4.27. The van der Waals surface area contributed by atoms with Crippen molar-refractivity contribution in [3.05, 3.63) is 51.4 Å². The summed E-state index contributed by atoms with van der Waals surface area (Å²) in [5.74, 6) is -0.295. The Balaban J connectivity index is 2.09. The van der Waals surface area contributed by atoms with Crippen LogP contribution in [0.1, 0.15) is 74.6 Å². The van der Waals surface area contributed by atoms with Gasteiger partial charge in [-0.25, -0.2) is 4.79 Å². The van der Waals surface area contributed by atoms with Crippen molar-refractivity contribution in [1.82, 2.24) is 0 Å². The zero-order valence-electron chi connectivity index (χ0n) is 18.2. The molecule has 0 fully saturated rings. The lowest BCUT2D eigenvalue weighted by Crippen LogP contribution is -2.32. The van der Waals surface area contributed by atoms with Gasteiger partial charge >= 0.3 is 5.97 Å². The molecule has 0 N–H and O–H groups in total. The molecule has 0 spiro atoms. The summed E-state index contributed by atoms with van der Waals surface area (Å²) in [6.07, 6.45) is 5.81. The quantitative estimate of drug-likeness (QED) is 0.412. The molecule has 1 aromatic heterocycles. The third-order valence-corrected chi connectivity index (χ3v) is 7.71. The van der Waals surface area contributed by atoms with Crippen LogP contribution in [-0.2, 0) is 20.4 Å². The third-order valence-electron chi connectivity index (χ3n) is 6.02. The topological polar surface area (TPSA) is 26.3 Å². The number of hydrogen-bond donors (Lipinski definition) is 0. The molecular weight excluding hydrogens is 364 g/mol. The van der Waals surface area contributed by atoms with Crippen molar-refractivity contribution in [2.75, 3.05) is 6.61 Å². The average Bonchev–Trinajstić information content (AvgIpc) is 2.98. The van der Waals surface area contributed by atoms with Crippen molar-refractivity contribution in [3.8, 4) is 10.4 Å². The van der Waals surface area contributed by atoms with E-state index in [0.29, 0.717) is 6.61 Å². The molecule has 3 rings (SSSR count). The zero-order valence-corrected chi connectivity index (χ0v) is 19.0. The normalized spacial score (nSPS) is 17.5. The summed E-state index contributed by atoms with van der Waals surface area (Å²) in [6, 6.07) is 6.41. The van der Waals surface area contributed by atoms with Crippen molar-refractivity contribution in [2.24, 2.45) is 0 Å². The van der Waals surface area contributed by atoms with E-state index < -0.39 is 0 Å². The van der Waals surface area contributed by atoms with Gasteiger partial charge in [-0.15, -0.1) is 11.3 Å². The predicted molar refractivity (Wildman–Crippen MR) is 120 cm³/mol. The van der Waals surface area contributed by atoms with Crippen LogP contribution in [-0.4, -0.2) is 12.6 Å². The Morgan fingerprint density at radius 2 is 1.82 bits per heavy atom. The van der Waals surface area contributed by atoms with Gasteiger partial charge in [-0.1, -0.05) is 39.8 Å². The summed E-state index contributed by atoms with van der Waals surface area (Å²) in [6.45, 7) is 16.2. The molecule has 0 unspecified atom stereocenters. The minimum absolute atomic E-state index is 0.221. The Morgan fingerprint density at radius 1 is 1.14 bits per heavy atom. The number of fused-ring (bicyclic) bond motifs is 1. The van der Waals surface area contributed by atoms with E-state index in [1.807, 2.05) is 24.3 Å². The van der Waals surface area contributed by atoms with Crippen LogP contribution in [0.2, 0.25) is 0 Å². The van der Waals surface area contributed by atoms with Gasteiger partial charge in [0, 0.05) is 15.8 Å². The molecule has 0 radical (unpaired) electrons. The fraction of sp³-hybridized carbons (Fsp3) is 0.480. The number of ether oxygens (including phenoxy) is 1. The first-order chi connectivity index (χ1) is 13.1. The summed E-state index contributed by atoms with van der Waals surface area (Å²) >= 11 is 1.96. The van der Waals surface area contributed by atoms with E-state index in [1.54, 1.807) is 10.4 Å². The van der Waals surface area contributed by atoms with Crippen molar-refractivity contribution in [2.45, 2.75) is 72.1 Å². The Bertz CT molecular complexity index is 928. The second kappa shape index (κ2) is 7.51. The van der Waals surface area contributed by atoms with Gasteiger partial charge < -0.3 is 4.74 Å². The number of benzene rings is 1. The van der Waals surface area contributed by atoms with E-state index in [4.69, 9.17) is 4.74 Å². The molecule has 1 aliphatic carbocycles. The zero-order chi connectivity index (χ0) is 20.7. The first-order valence-electron chi connectivity index (χ1n) is 10.2. The van der Waals surface area contributed by atoms with E-state index in [1.165, 1.54) is 40.5 Å². The van der Waals surface area contributed by atoms with Crippen molar-refractivity contribution in [3.63, 3.8) is 0 Å². The lowest BCUT2D eigenvalue weighted by atomic mass is 9.66. The van der Waals surface area contributed by atoms with Gasteiger partial charge in [0.1, 0.15) is 0 Å². The lowest BCUT2D eigenvalue weighted by molar-refractivity contribution is -0.137. The average molecular weight is 397 g/mol. The van der Waals surface area contributed by atoms with Crippen LogP contribution >= 0.6 is 11.3 Å². The summed E-state index contributed by atoms with van der Waals surface area (Å²) in [5, 5.41) is 0. The Morgan fingerprint density at radius 3 is 2.46 bits per heavy atom. The summed E-state index contributed by atoms with van der Waals surface area (Å²) in [4.78, 5) is 14.6. The molecule has 0 saturated carbocycles. The number of aryl methyl sites for hydroxylation is 1. The predicted octanol–water partition coefficient (Wildman–Crippen LogP) is 6.96. The monoisotopic (exact) mass is 396 g/mol. The molecule has 2 nitrogen and oxygen atoms in total. The fourth-order valence-corrected chi connectivity index (χ4v) is 5.97. The highest BCUT2D eigenvalue weighted by molar-refractivity contribution is 7.16. The molecule has 1 heterocycles. The summed E-state index contributed by atoms with van der Waals surface area (Å²) in [5.41, 5.74) is 6.99. The highest BCUT2D eigenvalue weighted by Crippen LogP contribution is 2.53. The molecule has 3 heteroatoms. The lowest BCUT2D eigenvalue weighted by Gasteiger charge is -2.39. The van der Waals surface area contributed by atoms with Crippen molar-refractivity contribution < 1.29 is 9.53 Å². The largest absolute Gasteiger partial charge is 0.463 e. The van der Waals surface area contributed by atoms with E-state index in [0.717, 1.165) is 5.56 Å². The summed E-state index contributed by atoms with van der Waals surface area (Å²) < 4.78 is 5.00. The molecule has 150 valence electrons. The van der Waals surface area contributed by atoms with E-state index in [2.05, 4.69) is 59.7 Å². The van der Waals surface area contributed by atoms with Gasteiger partial charge in [0.05, 0.1) is 6.61 Å². The molecule has 1 aromatic carbocycles. The molecule has 28 heavy (non-hydrogen) atoms. The SMILES string of the molecule is CCOC(=O)/C=C/c1ccc(C)c(-c2sc3c(c2C)C(C)(C)CCC3(C)C)c1. The van der Waals surface area contributed by atoms with Crippen molar-refractivity contribution in [1.29, 1.82) is 0 Å². The van der Waals surface area contributed by atoms with Crippen LogP contribution in [0.4, 0.5) is 0 Å². The number of thiophene rings is 1. The van der Waals surface area contributed by atoms with Crippen LogP contribution in [0.25, 0.3) is 16.5 Å². The number of esters is 1. The van der Waals surface area contributed by atoms with Crippen LogP contribution in [0.3, 0.4) is 0 Å². The first-order valence-corrected chi connectivity index (χ1v) is 11.0. The molecule has 0 bridgehead atoms. The number of carbonyl (C=O) groups is 1. The number of rotatable bonds is 4. The molecule has 0 aliphatic heterocycles. The van der Waals surface area contributed by atoms with Gasteiger partial charge in [0.25, 0.3) is 0 Å². The van der Waals surface area contributed by atoms with Gasteiger partial charge in [-0.05, 0) is 84.4 Å². The van der Waals surface area contributed by atoms with Crippen molar-refractivity contribution >= 4 is 23.4 Å². The van der Waals surface area contributed by atoms with Gasteiger partial charge in [0.15, 0.2) is 0 Å². The second-order valence-electron chi connectivity index (χ2n) is 9.19. The smallest absolute Gasteiger partial charge is 0.330 e. The summed E-state index contributed by atoms with van der Waals surface area (Å²) in [7, 11) is 0. The molecule has 0 saturated heterocycles. The molecule has 1 aliphatic rings. The van der Waals surface area contributed by atoms with Gasteiger partial charge in [-0.2, -0.15) is 0 Å². The molecule has 0 amide bonds. The van der Waals surface area contributed by atoms with Gasteiger partial charge in [0.2, 0.25) is 0 Å². The van der Waals surface area contributed by atoms with E-state index >= 15 is 0 Å². The standard InChI is InChI=1S/C25H32O2S/c1-8-27-20(26)12-11-18-10-9-16(2)19(15-18)22-17(3)21-23(28-22)25(6,7)14-13-24(21,4)5/h9-12,15H,8,13-14H2,1-7H3/b12-11+. The highest BCUT2D eigenvalue weighted by Gasteiger charge is 2.40. The first kappa shape index (κ1) is 20.9. The maximum Gasteiger partial charge on any atom is 0.330 e. The van der Waals surface area contributed by atoms with Crippen LogP contribution in [0.5, 0.6) is 0 Å². The van der Waals surface area contributed by atoms with Crippen LogP contribution < -0.4 is 0 Å². The minimum atomic E-state index is -0.295. The maximum atomic E-state index is 11.7. The Kier molecular flexibility index (Phi) is 5.60. The van der Waals surface area contributed by atoms with Crippen LogP contribution in [0, 0.1) is 13.8 Å². The van der Waals surface area contributed by atoms with Gasteiger partial charge in [-0.3, -0.25) is 0 Å². The number of hydrogen-bond acceptors (Lipinski definition) is 3. The maximum absolute atomic E-state index is 11.7. The molecule has 0 atom stereocenters. The third kappa shape index (κ3) is 3.82.